The second kappa shape index (κ2) is 10.2. The largest absolute Gasteiger partial charge is 0.493 e. The molecule has 2 aliphatic heterocycles. The van der Waals surface area contributed by atoms with Crippen molar-refractivity contribution in [3.8, 4) is 11.5 Å². The van der Waals surface area contributed by atoms with Crippen LogP contribution in [-0.2, 0) is 16.2 Å². The van der Waals surface area contributed by atoms with Gasteiger partial charge in [-0.25, -0.2) is 4.79 Å². The first-order chi connectivity index (χ1) is 16.4. The van der Waals surface area contributed by atoms with E-state index in [1.807, 2.05) is 12.1 Å². The van der Waals surface area contributed by atoms with Gasteiger partial charge in [0.05, 0.1) is 14.2 Å². The van der Waals surface area contributed by atoms with E-state index in [4.69, 9.17) is 25.9 Å². The summed E-state index contributed by atoms with van der Waals surface area (Å²) >= 11 is 5.98. The van der Waals surface area contributed by atoms with Gasteiger partial charge in [-0.15, -0.1) is 0 Å². The first-order valence-corrected chi connectivity index (χ1v) is 11.3. The minimum absolute atomic E-state index is 0.191. The molecule has 10 heteroatoms. The molecule has 0 radical (unpaired) electrons. The molecule has 3 amide bonds. The number of benzene rings is 2. The SMILES string of the molecule is COc1ccc(CNC(=O)C2=NOC3(CCN(C(=O)Nc4cccc(Cl)c4)CC3)C2)cc1OC. The number of ether oxygens (including phenoxy) is 2. The van der Waals surface area contributed by atoms with Gasteiger partial charge in [0.25, 0.3) is 5.91 Å². The summed E-state index contributed by atoms with van der Waals surface area (Å²) in [6.45, 7) is 1.33. The number of methoxy groups -OCH3 is 2. The normalized spacial score (nSPS) is 16.4. The molecule has 2 heterocycles. The summed E-state index contributed by atoms with van der Waals surface area (Å²) in [6, 6.07) is 12.3. The summed E-state index contributed by atoms with van der Waals surface area (Å²) in [5, 5.41) is 10.4. The Labute approximate surface area is 203 Å². The molecule has 4 rings (SSSR count). The van der Waals surface area contributed by atoms with Crippen LogP contribution in [0, 0.1) is 0 Å². The average molecular weight is 487 g/mol. The highest BCUT2D eigenvalue weighted by atomic mass is 35.5. The van der Waals surface area contributed by atoms with Gasteiger partial charge >= 0.3 is 6.03 Å². The monoisotopic (exact) mass is 486 g/mol. The average Bonchev–Trinajstić information content (AvgIpc) is 3.26. The van der Waals surface area contributed by atoms with Crippen molar-refractivity contribution in [1.82, 2.24) is 10.2 Å². The van der Waals surface area contributed by atoms with Crippen LogP contribution in [-0.4, -0.2) is 55.5 Å². The number of carbonyl (C=O) groups excluding carboxylic acids is 2. The van der Waals surface area contributed by atoms with Crippen molar-refractivity contribution >= 4 is 34.9 Å². The minimum atomic E-state index is -0.553. The minimum Gasteiger partial charge on any atom is -0.493 e. The van der Waals surface area contributed by atoms with Crippen molar-refractivity contribution in [3.05, 3.63) is 53.1 Å². The number of piperidine rings is 1. The smallest absolute Gasteiger partial charge is 0.321 e. The van der Waals surface area contributed by atoms with E-state index in [9.17, 15) is 9.59 Å². The van der Waals surface area contributed by atoms with Gasteiger partial charge in [0.15, 0.2) is 11.5 Å². The van der Waals surface area contributed by atoms with E-state index in [0.29, 0.717) is 66.8 Å². The maximum absolute atomic E-state index is 12.7. The number of amides is 3. The van der Waals surface area contributed by atoms with Crippen molar-refractivity contribution in [2.75, 3.05) is 32.6 Å². The van der Waals surface area contributed by atoms with Gasteiger partial charge in [-0.05, 0) is 35.9 Å². The van der Waals surface area contributed by atoms with E-state index in [-0.39, 0.29) is 11.9 Å². The maximum Gasteiger partial charge on any atom is 0.321 e. The number of nitrogens with one attached hydrogen (secondary N) is 2. The third-order valence-electron chi connectivity index (χ3n) is 6.04. The Hall–Kier alpha value is -3.46. The van der Waals surface area contributed by atoms with Crippen molar-refractivity contribution < 1.29 is 23.9 Å². The van der Waals surface area contributed by atoms with E-state index < -0.39 is 5.60 Å². The van der Waals surface area contributed by atoms with Gasteiger partial charge in [-0.3, -0.25) is 4.79 Å². The number of rotatable bonds is 6. The lowest BCUT2D eigenvalue weighted by molar-refractivity contribution is -0.115. The third-order valence-corrected chi connectivity index (χ3v) is 6.28. The van der Waals surface area contributed by atoms with E-state index in [1.165, 1.54) is 0 Å². The fraction of sp³-hybridized carbons (Fsp3) is 0.375. The number of oxime groups is 1. The Balaban J connectivity index is 1.26. The highest BCUT2D eigenvalue weighted by Gasteiger charge is 2.44. The summed E-state index contributed by atoms with van der Waals surface area (Å²) in [5.41, 5.74) is 1.33. The molecule has 0 saturated carbocycles. The molecule has 0 aromatic heterocycles. The Morgan fingerprint density at radius 2 is 1.88 bits per heavy atom. The number of likely N-dealkylation sites (tertiary alicyclic amines) is 1. The molecule has 2 aromatic rings. The van der Waals surface area contributed by atoms with E-state index in [2.05, 4.69) is 15.8 Å². The summed E-state index contributed by atoms with van der Waals surface area (Å²) < 4.78 is 10.5. The van der Waals surface area contributed by atoms with Gasteiger partial charge in [0, 0.05) is 49.6 Å². The van der Waals surface area contributed by atoms with Crippen LogP contribution < -0.4 is 20.1 Å². The van der Waals surface area contributed by atoms with Gasteiger partial charge in [-0.2, -0.15) is 0 Å². The fourth-order valence-electron chi connectivity index (χ4n) is 4.07. The van der Waals surface area contributed by atoms with Crippen LogP contribution in [0.2, 0.25) is 5.02 Å². The Bertz CT molecular complexity index is 1100. The molecule has 0 atom stereocenters. The molecule has 180 valence electrons. The number of hydrogen-bond donors (Lipinski definition) is 2. The molecule has 0 bridgehead atoms. The van der Waals surface area contributed by atoms with Gasteiger partial charge in [0.2, 0.25) is 0 Å². The van der Waals surface area contributed by atoms with Crippen LogP contribution in [0.15, 0.2) is 47.6 Å². The van der Waals surface area contributed by atoms with E-state index in [0.717, 1.165) is 5.56 Å². The highest BCUT2D eigenvalue weighted by Crippen LogP contribution is 2.35. The number of urea groups is 1. The number of halogens is 1. The second-order valence-electron chi connectivity index (χ2n) is 8.29. The van der Waals surface area contributed by atoms with Crippen LogP contribution in [0.5, 0.6) is 11.5 Å². The van der Waals surface area contributed by atoms with Crippen LogP contribution >= 0.6 is 11.6 Å². The quantitative estimate of drug-likeness (QED) is 0.646. The summed E-state index contributed by atoms with van der Waals surface area (Å²) in [5.74, 6) is 0.953. The highest BCUT2D eigenvalue weighted by molar-refractivity contribution is 6.39. The van der Waals surface area contributed by atoms with Gasteiger partial charge < -0.3 is 29.8 Å². The Morgan fingerprint density at radius 1 is 1.12 bits per heavy atom. The maximum atomic E-state index is 12.7. The molecule has 1 fully saturated rings. The zero-order valence-electron chi connectivity index (χ0n) is 19.1. The molecule has 1 saturated heterocycles. The molecule has 2 aromatic carbocycles. The zero-order valence-corrected chi connectivity index (χ0v) is 19.9. The lowest BCUT2D eigenvalue weighted by atomic mass is 9.87. The van der Waals surface area contributed by atoms with Crippen molar-refractivity contribution in [2.45, 2.75) is 31.4 Å². The first kappa shape index (κ1) is 23.7. The first-order valence-electron chi connectivity index (χ1n) is 11.0. The molecule has 2 N–H and O–H groups in total. The van der Waals surface area contributed by atoms with Crippen LogP contribution in [0.4, 0.5) is 10.5 Å². The van der Waals surface area contributed by atoms with Gasteiger partial charge in [0.1, 0.15) is 11.3 Å². The number of nitrogens with zero attached hydrogens (tertiary/aromatic N) is 2. The third kappa shape index (κ3) is 5.36. The Morgan fingerprint density at radius 3 is 2.59 bits per heavy atom. The predicted octanol–water partition coefficient (Wildman–Crippen LogP) is 3.82. The van der Waals surface area contributed by atoms with Crippen molar-refractivity contribution in [2.24, 2.45) is 5.16 Å². The lowest BCUT2D eigenvalue weighted by Crippen LogP contribution is -2.48. The lowest BCUT2D eigenvalue weighted by Gasteiger charge is -2.37. The van der Waals surface area contributed by atoms with Crippen LogP contribution in [0.25, 0.3) is 0 Å². The Kier molecular flexibility index (Phi) is 7.12. The second-order valence-corrected chi connectivity index (χ2v) is 8.73. The van der Waals surface area contributed by atoms with E-state index >= 15 is 0 Å². The molecular weight excluding hydrogens is 460 g/mol. The summed E-state index contributed by atoms with van der Waals surface area (Å²) in [7, 11) is 3.14. The zero-order chi connectivity index (χ0) is 24.1. The van der Waals surface area contributed by atoms with Crippen molar-refractivity contribution in [1.29, 1.82) is 0 Å². The van der Waals surface area contributed by atoms with E-state index in [1.54, 1.807) is 49.5 Å². The number of anilines is 1. The van der Waals surface area contributed by atoms with Crippen LogP contribution in [0.1, 0.15) is 24.8 Å². The van der Waals surface area contributed by atoms with Crippen LogP contribution in [0.3, 0.4) is 0 Å². The summed E-state index contributed by atoms with van der Waals surface area (Å²) in [6.07, 6.45) is 1.59. The molecule has 1 spiro atoms. The predicted molar refractivity (Wildman–Crippen MR) is 129 cm³/mol. The molecule has 0 aliphatic carbocycles. The number of hydrogen-bond acceptors (Lipinski definition) is 6. The van der Waals surface area contributed by atoms with Gasteiger partial charge in [-0.1, -0.05) is 28.9 Å². The number of carbonyl (C=O) groups is 2. The topological polar surface area (TPSA) is 101 Å². The van der Waals surface area contributed by atoms with Crippen molar-refractivity contribution in [3.63, 3.8) is 0 Å². The molecular formula is C24H27ClN4O5. The molecule has 34 heavy (non-hydrogen) atoms. The standard InChI is InChI=1S/C24H27ClN4O5/c1-32-20-7-6-16(12-21(20)33-2)15-26-22(30)19-14-24(34-28-19)8-10-29(11-9-24)23(31)27-18-5-3-4-17(25)13-18/h3-7,12-13H,8-11,14-15H2,1-2H3,(H,26,30)(H,27,31). The molecule has 9 nitrogen and oxygen atoms in total. The summed E-state index contributed by atoms with van der Waals surface area (Å²) in [4.78, 5) is 32.7. The molecule has 0 unspecified atom stereocenters. The molecule has 2 aliphatic rings. The fourth-order valence-corrected chi connectivity index (χ4v) is 4.26.